The van der Waals surface area contributed by atoms with Crippen molar-refractivity contribution in [1.82, 2.24) is 9.80 Å². The number of hydrogen-bond donors (Lipinski definition) is 0. The topological polar surface area (TPSA) is 121 Å². The lowest BCUT2D eigenvalue weighted by atomic mass is 10.1. The van der Waals surface area contributed by atoms with Crippen LogP contribution in [0.25, 0.3) is 0 Å². The van der Waals surface area contributed by atoms with E-state index in [9.17, 15) is 27.6 Å². The minimum Gasteiger partial charge on any atom is -0.479 e. The van der Waals surface area contributed by atoms with Crippen molar-refractivity contribution in [2.24, 2.45) is 0 Å². The molecule has 0 bridgehead atoms. The molecule has 2 atom stereocenters. The van der Waals surface area contributed by atoms with E-state index in [1.807, 2.05) is 22.6 Å². The standard InChI is InChI=1S/C19H22IN3O7S3/c1-5-30-19(31)32-17-15(21(11(2)24)18(27)22(17)12(3)25)10-16(26)23(33(4,28)29)14-8-6-13(20)7-9-14/h6-9,15,17H,5,10H2,1-4H3/t15-,17-/m1/s1. The van der Waals surface area contributed by atoms with Crippen molar-refractivity contribution in [3.8, 4) is 0 Å². The summed E-state index contributed by atoms with van der Waals surface area (Å²) in [7, 11) is -4.05. The van der Waals surface area contributed by atoms with Crippen molar-refractivity contribution in [1.29, 1.82) is 0 Å². The van der Waals surface area contributed by atoms with Crippen molar-refractivity contribution >= 4 is 90.4 Å². The van der Waals surface area contributed by atoms with Gasteiger partial charge in [0.05, 0.1) is 31.0 Å². The molecule has 1 aromatic carbocycles. The lowest BCUT2D eigenvalue weighted by Crippen LogP contribution is -2.45. The van der Waals surface area contributed by atoms with E-state index in [-0.39, 0.29) is 16.7 Å². The molecule has 0 saturated carbocycles. The Morgan fingerprint density at radius 2 is 1.70 bits per heavy atom. The van der Waals surface area contributed by atoms with Crippen molar-refractivity contribution in [2.45, 2.75) is 38.6 Å². The molecule has 1 fully saturated rings. The monoisotopic (exact) mass is 627 g/mol. The van der Waals surface area contributed by atoms with Gasteiger partial charge in [-0.15, -0.1) is 0 Å². The number of thiocarbonyl (C=S) groups is 1. The average molecular weight is 628 g/mol. The minimum atomic E-state index is -4.05. The molecule has 1 saturated heterocycles. The summed E-state index contributed by atoms with van der Waals surface area (Å²) in [4.78, 5) is 52.3. The van der Waals surface area contributed by atoms with E-state index in [1.54, 1.807) is 19.1 Å². The van der Waals surface area contributed by atoms with Crippen molar-refractivity contribution in [3.63, 3.8) is 0 Å². The number of rotatable bonds is 6. The molecule has 2 rings (SSSR count). The predicted molar refractivity (Wildman–Crippen MR) is 136 cm³/mol. The maximum atomic E-state index is 13.3. The minimum absolute atomic E-state index is 0.0157. The van der Waals surface area contributed by atoms with Gasteiger partial charge in [0.15, 0.2) is 0 Å². The number of carbonyl (C=O) groups excluding carboxylic acids is 4. The lowest BCUT2D eigenvalue weighted by molar-refractivity contribution is -0.127. The molecular weight excluding hydrogens is 605 g/mol. The highest BCUT2D eigenvalue weighted by molar-refractivity contribution is 14.1. The number of hydrogen-bond acceptors (Lipinski definition) is 9. The number of carbonyl (C=O) groups is 4. The molecule has 1 heterocycles. The lowest BCUT2D eigenvalue weighted by Gasteiger charge is -2.27. The van der Waals surface area contributed by atoms with E-state index in [0.29, 0.717) is 4.31 Å². The summed E-state index contributed by atoms with van der Waals surface area (Å²) in [6.07, 6.45) is 0.324. The van der Waals surface area contributed by atoms with Crippen LogP contribution >= 0.6 is 46.6 Å². The summed E-state index contributed by atoms with van der Waals surface area (Å²) in [6.45, 7) is 4.20. The van der Waals surface area contributed by atoms with E-state index in [4.69, 9.17) is 17.0 Å². The van der Waals surface area contributed by atoms with Gasteiger partial charge in [-0.05, 0) is 77.8 Å². The molecule has 0 aliphatic carbocycles. The Labute approximate surface area is 215 Å². The molecule has 10 nitrogen and oxygen atoms in total. The van der Waals surface area contributed by atoms with Gasteiger partial charge in [0.25, 0.3) is 0 Å². The van der Waals surface area contributed by atoms with Gasteiger partial charge in [-0.3, -0.25) is 19.3 Å². The van der Waals surface area contributed by atoms with E-state index in [0.717, 1.165) is 45.2 Å². The van der Waals surface area contributed by atoms with Gasteiger partial charge >= 0.3 is 6.03 Å². The van der Waals surface area contributed by atoms with Crippen LogP contribution in [-0.4, -0.2) is 70.6 Å². The van der Waals surface area contributed by atoms with Crippen LogP contribution in [0.3, 0.4) is 0 Å². The second-order valence-electron chi connectivity index (χ2n) is 6.92. The summed E-state index contributed by atoms with van der Waals surface area (Å²) >= 11 is 8.01. The largest absolute Gasteiger partial charge is 0.479 e. The molecule has 1 aromatic rings. The number of benzene rings is 1. The van der Waals surface area contributed by atoms with E-state index in [2.05, 4.69) is 0 Å². The molecule has 0 radical (unpaired) electrons. The zero-order chi connectivity index (χ0) is 25.1. The van der Waals surface area contributed by atoms with Crippen LogP contribution in [0.5, 0.6) is 0 Å². The fourth-order valence-corrected chi connectivity index (χ4v) is 6.11. The molecule has 1 aliphatic rings. The number of imide groups is 2. The van der Waals surface area contributed by atoms with Crippen LogP contribution in [0.2, 0.25) is 0 Å². The Morgan fingerprint density at radius 1 is 1.15 bits per heavy atom. The highest BCUT2D eigenvalue weighted by Gasteiger charge is 2.52. The first kappa shape index (κ1) is 27.5. The SMILES string of the molecule is CCOC(=S)S[C@@H]1[C@@H](CC(=O)N(c2ccc(I)cc2)S(C)(=O)=O)N(C(C)=O)C(=O)N1C(C)=O. The molecular formula is C19H22IN3O7S3. The highest BCUT2D eigenvalue weighted by Crippen LogP contribution is 2.35. The van der Waals surface area contributed by atoms with E-state index in [1.165, 1.54) is 12.1 Å². The van der Waals surface area contributed by atoms with Gasteiger partial charge in [0, 0.05) is 17.4 Å². The molecule has 14 heteroatoms. The van der Waals surface area contributed by atoms with Crippen LogP contribution < -0.4 is 4.31 Å². The molecule has 180 valence electrons. The number of sulfonamides is 1. The highest BCUT2D eigenvalue weighted by atomic mass is 127. The molecule has 0 N–H and O–H groups in total. The maximum Gasteiger partial charge on any atom is 0.334 e. The van der Waals surface area contributed by atoms with Crippen molar-refractivity contribution in [3.05, 3.63) is 27.8 Å². The van der Waals surface area contributed by atoms with Crippen molar-refractivity contribution < 1.29 is 32.3 Å². The second kappa shape index (κ2) is 11.1. The summed E-state index contributed by atoms with van der Waals surface area (Å²) in [6, 6.07) is 4.15. The van der Waals surface area contributed by atoms with E-state index >= 15 is 0 Å². The van der Waals surface area contributed by atoms with Crippen molar-refractivity contribution in [2.75, 3.05) is 17.2 Å². The molecule has 33 heavy (non-hydrogen) atoms. The molecule has 0 aromatic heterocycles. The molecule has 0 unspecified atom stereocenters. The first-order chi connectivity index (χ1) is 15.3. The van der Waals surface area contributed by atoms with Gasteiger partial charge in [-0.2, -0.15) is 0 Å². The normalized spacial score (nSPS) is 18.3. The third-order valence-corrected chi connectivity index (χ3v) is 7.77. The van der Waals surface area contributed by atoms with E-state index < -0.39 is 51.6 Å². The number of urea groups is 1. The molecule has 1 aliphatic heterocycles. The van der Waals surface area contributed by atoms with Gasteiger partial charge in [0.2, 0.25) is 32.1 Å². The fourth-order valence-electron chi connectivity index (χ4n) is 3.28. The zero-order valence-electron chi connectivity index (χ0n) is 18.2. The molecule has 5 amide bonds. The Morgan fingerprint density at radius 3 is 2.15 bits per heavy atom. The van der Waals surface area contributed by atoms with Crippen LogP contribution in [0.1, 0.15) is 27.2 Å². The first-order valence-corrected chi connectivity index (χ1v) is 13.8. The Bertz CT molecular complexity index is 1080. The number of nitrogens with zero attached hydrogens (tertiary/aromatic N) is 3. The first-order valence-electron chi connectivity index (χ1n) is 9.55. The smallest absolute Gasteiger partial charge is 0.334 e. The van der Waals surface area contributed by atoms with Crippen LogP contribution in [0.15, 0.2) is 24.3 Å². The summed E-state index contributed by atoms with van der Waals surface area (Å²) < 4.78 is 31.7. The van der Waals surface area contributed by atoms with Gasteiger partial charge in [-0.1, -0.05) is 0 Å². The zero-order valence-corrected chi connectivity index (χ0v) is 22.8. The Kier molecular flexibility index (Phi) is 9.24. The number of ether oxygens (including phenoxy) is 1. The fraction of sp³-hybridized carbons (Fsp3) is 0.421. The summed E-state index contributed by atoms with van der Waals surface area (Å²) in [5.41, 5.74) is 0.110. The third kappa shape index (κ3) is 6.42. The third-order valence-electron chi connectivity index (χ3n) is 4.49. The van der Waals surface area contributed by atoms with Crippen LogP contribution in [0.4, 0.5) is 10.5 Å². The summed E-state index contributed by atoms with van der Waals surface area (Å²) in [5.74, 6) is -2.23. The number of halogens is 1. The van der Waals surface area contributed by atoms with Crippen LogP contribution in [0, 0.1) is 3.57 Å². The van der Waals surface area contributed by atoms with Crippen LogP contribution in [-0.2, 0) is 29.1 Å². The summed E-state index contributed by atoms with van der Waals surface area (Å²) in [5, 5.41) is -1.07. The average Bonchev–Trinajstić information content (AvgIpc) is 2.93. The predicted octanol–water partition coefficient (Wildman–Crippen LogP) is 2.55. The quantitative estimate of drug-likeness (QED) is 0.346. The second-order valence-corrected chi connectivity index (χ2v) is 11.7. The van der Waals surface area contributed by atoms with Gasteiger partial charge in [-0.25, -0.2) is 22.4 Å². The number of amides is 5. The van der Waals surface area contributed by atoms with Gasteiger partial charge < -0.3 is 4.74 Å². The maximum absolute atomic E-state index is 13.3. The molecule has 0 spiro atoms. The van der Waals surface area contributed by atoms with Gasteiger partial charge in [0.1, 0.15) is 5.37 Å². The Hall–Kier alpha value is -1.78. The number of anilines is 1. The Balaban J connectivity index is 2.50. The number of thioether (sulfide) groups is 1.